The van der Waals surface area contributed by atoms with Crippen molar-refractivity contribution in [3.05, 3.63) is 0 Å². The van der Waals surface area contributed by atoms with E-state index in [9.17, 15) is 4.79 Å². The van der Waals surface area contributed by atoms with Gasteiger partial charge in [-0.15, -0.1) is 0 Å². The molecule has 2 aliphatic carbocycles. The van der Waals surface area contributed by atoms with Crippen molar-refractivity contribution in [1.82, 2.24) is 0 Å². The van der Waals surface area contributed by atoms with E-state index >= 15 is 0 Å². The zero-order chi connectivity index (χ0) is 9.31. The lowest BCUT2D eigenvalue weighted by molar-refractivity contribution is -0.154. The van der Waals surface area contributed by atoms with Crippen LogP contribution >= 0.6 is 0 Å². The number of hydrogen-bond donors (Lipinski definition) is 0. The van der Waals surface area contributed by atoms with Crippen molar-refractivity contribution in [2.24, 2.45) is 11.3 Å². The van der Waals surface area contributed by atoms with Crippen LogP contribution in [0.1, 0.15) is 39.0 Å². The van der Waals surface area contributed by atoms with Crippen molar-refractivity contribution in [2.75, 3.05) is 0 Å². The summed E-state index contributed by atoms with van der Waals surface area (Å²) in [4.78, 5) is 11.3. The van der Waals surface area contributed by atoms with Crippen LogP contribution in [0.2, 0.25) is 0 Å². The summed E-state index contributed by atoms with van der Waals surface area (Å²) in [7, 11) is 0. The molecule has 13 heavy (non-hydrogen) atoms. The van der Waals surface area contributed by atoms with Gasteiger partial charge in [-0.2, -0.15) is 0 Å². The number of hydrogen-bond acceptors (Lipinski definition) is 2. The maximum atomic E-state index is 11.3. The molecule has 2 aliphatic rings. The van der Waals surface area contributed by atoms with E-state index in [4.69, 9.17) is 4.74 Å². The maximum Gasteiger partial charge on any atom is 0.322 e. The number of carbonyl (C=O) groups excluding carboxylic acids is 1. The number of rotatable bonds is 1. The normalized spacial score (nSPS) is 23.8. The van der Waals surface area contributed by atoms with Gasteiger partial charge in [0.15, 0.2) is 0 Å². The van der Waals surface area contributed by atoms with Crippen LogP contribution in [0.3, 0.4) is 0 Å². The van der Waals surface area contributed by atoms with Crippen molar-refractivity contribution >= 4 is 5.97 Å². The quantitative estimate of drug-likeness (QED) is 0.454. The average Bonchev–Trinajstić information content (AvgIpc) is 1.95. The minimum Gasteiger partial charge on any atom is -0.372 e. The molecule has 0 heterocycles. The SMILES string of the molecule is CC#COC(=O)C1CC2(CCC2)C1. The molecule has 1 spiro atoms. The first-order valence-electron chi connectivity index (χ1n) is 4.88. The van der Waals surface area contributed by atoms with E-state index in [2.05, 4.69) is 12.0 Å². The zero-order valence-electron chi connectivity index (χ0n) is 7.93. The third-order valence-electron chi connectivity index (χ3n) is 3.36. The van der Waals surface area contributed by atoms with Crippen molar-refractivity contribution in [1.29, 1.82) is 0 Å². The Bertz CT molecular complexity index is 270. The van der Waals surface area contributed by atoms with Gasteiger partial charge in [0.05, 0.1) is 5.92 Å². The smallest absolute Gasteiger partial charge is 0.322 e. The maximum absolute atomic E-state index is 11.3. The Hall–Kier alpha value is -0.970. The molecule has 0 saturated heterocycles. The number of esters is 1. The second-order valence-electron chi connectivity index (χ2n) is 4.23. The average molecular weight is 178 g/mol. The van der Waals surface area contributed by atoms with Crippen molar-refractivity contribution in [3.8, 4) is 12.0 Å². The summed E-state index contributed by atoms with van der Waals surface area (Å²) in [6.07, 6.45) is 8.41. The molecular weight excluding hydrogens is 164 g/mol. The van der Waals surface area contributed by atoms with Gasteiger partial charge < -0.3 is 4.74 Å². The predicted molar refractivity (Wildman–Crippen MR) is 48.6 cm³/mol. The Kier molecular flexibility index (Phi) is 2.03. The van der Waals surface area contributed by atoms with Gasteiger partial charge >= 0.3 is 5.97 Å². The molecule has 2 fully saturated rings. The summed E-state index contributed by atoms with van der Waals surface area (Å²) in [5, 5.41) is 0. The van der Waals surface area contributed by atoms with E-state index < -0.39 is 0 Å². The van der Waals surface area contributed by atoms with Crippen molar-refractivity contribution in [3.63, 3.8) is 0 Å². The highest BCUT2D eigenvalue weighted by Crippen LogP contribution is 2.58. The van der Waals surface area contributed by atoms with Crippen LogP contribution < -0.4 is 0 Å². The van der Waals surface area contributed by atoms with E-state index in [0.717, 1.165) is 12.8 Å². The van der Waals surface area contributed by atoms with Crippen LogP contribution in [0.15, 0.2) is 0 Å². The van der Waals surface area contributed by atoms with Crippen LogP contribution in [0.4, 0.5) is 0 Å². The third-order valence-corrected chi connectivity index (χ3v) is 3.36. The molecule has 0 amide bonds. The zero-order valence-corrected chi connectivity index (χ0v) is 7.93. The van der Waals surface area contributed by atoms with Crippen LogP contribution in [-0.2, 0) is 9.53 Å². The van der Waals surface area contributed by atoms with Crippen LogP contribution in [-0.4, -0.2) is 5.97 Å². The van der Waals surface area contributed by atoms with E-state index in [0.29, 0.717) is 5.41 Å². The molecule has 0 aromatic rings. The largest absolute Gasteiger partial charge is 0.372 e. The summed E-state index contributed by atoms with van der Waals surface area (Å²) in [5.41, 5.74) is 0.545. The van der Waals surface area contributed by atoms with Crippen LogP contribution in [0.5, 0.6) is 0 Å². The summed E-state index contributed by atoms with van der Waals surface area (Å²) in [6.45, 7) is 1.67. The third kappa shape index (κ3) is 1.44. The van der Waals surface area contributed by atoms with Gasteiger partial charge in [-0.25, -0.2) is 0 Å². The standard InChI is InChI=1S/C11H14O2/c1-2-6-13-10(12)9-7-11(8-9)4-3-5-11/h9H,3-5,7-8H2,1H3. The molecule has 0 radical (unpaired) electrons. The highest BCUT2D eigenvalue weighted by atomic mass is 16.5. The van der Waals surface area contributed by atoms with Gasteiger partial charge in [0.2, 0.25) is 0 Å². The van der Waals surface area contributed by atoms with Crippen molar-refractivity contribution in [2.45, 2.75) is 39.0 Å². The fourth-order valence-electron chi connectivity index (χ4n) is 2.42. The Morgan fingerprint density at radius 2 is 2.15 bits per heavy atom. The van der Waals surface area contributed by atoms with Gasteiger partial charge in [0.25, 0.3) is 0 Å². The molecule has 0 atom stereocenters. The molecule has 0 bridgehead atoms. The van der Waals surface area contributed by atoms with Gasteiger partial charge in [0, 0.05) is 6.92 Å². The number of ether oxygens (including phenoxy) is 1. The topological polar surface area (TPSA) is 26.3 Å². The fourth-order valence-corrected chi connectivity index (χ4v) is 2.42. The lowest BCUT2D eigenvalue weighted by Gasteiger charge is -2.52. The molecule has 0 N–H and O–H groups in total. The predicted octanol–water partition coefficient (Wildman–Crippen LogP) is 2.09. The van der Waals surface area contributed by atoms with E-state index in [1.165, 1.54) is 19.3 Å². The summed E-state index contributed by atoms with van der Waals surface area (Å²) < 4.78 is 4.76. The van der Waals surface area contributed by atoms with E-state index in [1.54, 1.807) is 6.92 Å². The van der Waals surface area contributed by atoms with Gasteiger partial charge in [0.1, 0.15) is 6.11 Å². The molecule has 2 nitrogen and oxygen atoms in total. The Balaban J connectivity index is 1.78. The minimum atomic E-state index is -0.119. The Morgan fingerprint density at radius 3 is 2.62 bits per heavy atom. The summed E-state index contributed by atoms with van der Waals surface area (Å²) in [6, 6.07) is 0. The molecule has 2 saturated carbocycles. The first kappa shape index (κ1) is 8.62. The lowest BCUT2D eigenvalue weighted by atomic mass is 9.52. The molecule has 0 unspecified atom stereocenters. The Morgan fingerprint density at radius 1 is 1.46 bits per heavy atom. The molecule has 2 heteroatoms. The molecule has 0 aromatic heterocycles. The highest BCUT2D eigenvalue weighted by Gasteiger charge is 2.51. The first-order chi connectivity index (χ1) is 6.26. The molecule has 0 aromatic carbocycles. The minimum absolute atomic E-state index is 0.119. The highest BCUT2D eigenvalue weighted by molar-refractivity contribution is 5.74. The van der Waals surface area contributed by atoms with Crippen LogP contribution in [0.25, 0.3) is 0 Å². The second kappa shape index (κ2) is 3.06. The van der Waals surface area contributed by atoms with Gasteiger partial charge in [-0.3, -0.25) is 4.79 Å². The van der Waals surface area contributed by atoms with Gasteiger partial charge in [-0.1, -0.05) is 12.3 Å². The lowest BCUT2D eigenvalue weighted by Crippen LogP contribution is -2.45. The second-order valence-corrected chi connectivity index (χ2v) is 4.23. The van der Waals surface area contributed by atoms with Gasteiger partial charge in [-0.05, 0) is 31.1 Å². The number of carbonyl (C=O) groups is 1. The molecule has 2 rings (SSSR count). The van der Waals surface area contributed by atoms with Crippen LogP contribution in [0, 0.1) is 23.4 Å². The van der Waals surface area contributed by atoms with Crippen molar-refractivity contribution < 1.29 is 9.53 Å². The molecule has 70 valence electrons. The molecule has 0 aliphatic heterocycles. The Labute approximate surface area is 78.7 Å². The van der Waals surface area contributed by atoms with E-state index in [1.807, 2.05) is 0 Å². The summed E-state index contributed by atoms with van der Waals surface area (Å²) >= 11 is 0. The first-order valence-corrected chi connectivity index (χ1v) is 4.88. The monoisotopic (exact) mass is 178 g/mol. The van der Waals surface area contributed by atoms with E-state index in [-0.39, 0.29) is 11.9 Å². The summed E-state index contributed by atoms with van der Waals surface area (Å²) in [5.74, 6) is 2.58. The molecular formula is C11H14O2. The fraction of sp³-hybridized carbons (Fsp3) is 0.727.